The third-order valence-corrected chi connectivity index (χ3v) is 3.56. The van der Waals surface area contributed by atoms with Crippen molar-refractivity contribution < 1.29 is 9.50 Å². The average molecular weight is 317 g/mol. The highest BCUT2D eigenvalue weighted by Crippen LogP contribution is 2.24. The highest BCUT2D eigenvalue weighted by atomic mass is 79.9. The minimum Gasteiger partial charge on any atom is -0.388 e. The average Bonchev–Trinajstić information content (AvgIpc) is 2.32. The summed E-state index contributed by atoms with van der Waals surface area (Å²) in [6, 6.07) is 4.60. The summed E-state index contributed by atoms with van der Waals surface area (Å²) in [4.78, 5) is 0. The summed E-state index contributed by atoms with van der Waals surface area (Å²) in [6.07, 6.45) is 7.35. The zero-order chi connectivity index (χ0) is 13.4. The molecule has 0 fully saturated rings. The summed E-state index contributed by atoms with van der Waals surface area (Å²) < 4.78 is 13.9. The van der Waals surface area contributed by atoms with E-state index in [1.807, 2.05) is 0 Å². The van der Waals surface area contributed by atoms with Gasteiger partial charge in [-0.2, -0.15) is 0 Å². The second-order valence-corrected chi connectivity index (χ2v) is 5.69. The third-order valence-electron chi connectivity index (χ3n) is 3.10. The molecule has 1 aromatic carbocycles. The first-order valence-corrected chi connectivity index (χ1v) is 7.57. The first-order chi connectivity index (χ1) is 8.63. The van der Waals surface area contributed by atoms with Gasteiger partial charge in [0.2, 0.25) is 0 Å². The fraction of sp³-hybridized carbons (Fsp3) is 0.600. The van der Waals surface area contributed by atoms with E-state index >= 15 is 0 Å². The zero-order valence-corrected chi connectivity index (χ0v) is 12.5. The molecule has 0 aliphatic heterocycles. The number of benzene rings is 1. The van der Waals surface area contributed by atoms with Gasteiger partial charge >= 0.3 is 0 Å². The van der Waals surface area contributed by atoms with Crippen LogP contribution in [0.4, 0.5) is 4.39 Å². The second kappa shape index (κ2) is 8.65. The second-order valence-electron chi connectivity index (χ2n) is 4.78. The molecule has 0 saturated heterocycles. The summed E-state index contributed by atoms with van der Waals surface area (Å²) in [6.45, 7) is 2.20. The molecule has 3 heteroatoms. The van der Waals surface area contributed by atoms with Gasteiger partial charge in [-0.3, -0.25) is 0 Å². The molecular weight excluding hydrogens is 295 g/mol. The number of aliphatic hydroxyl groups is 1. The van der Waals surface area contributed by atoms with Crippen LogP contribution in [0.25, 0.3) is 0 Å². The molecule has 18 heavy (non-hydrogen) atoms. The third kappa shape index (κ3) is 5.96. The summed E-state index contributed by atoms with van der Waals surface area (Å²) in [7, 11) is 0. The number of hydrogen-bond donors (Lipinski definition) is 1. The lowest BCUT2D eigenvalue weighted by molar-refractivity contribution is 0.163. The van der Waals surface area contributed by atoms with Crippen LogP contribution in [0.15, 0.2) is 22.7 Å². The van der Waals surface area contributed by atoms with Crippen LogP contribution in [0.3, 0.4) is 0 Å². The van der Waals surface area contributed by atoms with Gasteiger partial charge in [-0.15, -0.1) is 0 Å². The highest BCUT2D eigenvalue weighted by Gasteiger charge is 2.09. The van der Waals surface area contributed by atoms with Crippen LogP contribution in [0.5, 0.6) is 0 Å². The molecule has 1 aromatic rings. The Kier molecular flexibility index (Phi) is 7.52. The molecule has 1 unspecified atom stereocenters. The molecule has 1 rings (SSSR count). The van der Waals surface area contributed by atoms with Crippen molar-refractivity contribution in [2.24, 2.45) is 0 Å². The number of rotatable bonds is 8. The van der Waals surface area contributed by atoms with E-state index in [4.69, 9.17) is 0 Å². The van der Waals surface area contributed by atoms with Crippen molar-refractivity contribution in [3.63, 3.8) is 0 Å². The van der Waals surface area contributed by atoms with E-state index in [-0.39, 0.29) is 5.82 Å². The van der Waals surface area contributed by atoms with Gasteiger partial charge in [-0.25, -0.2) is 4.39 Å². The van der Waals surface area contributed by atoms with Gasteiger partial charge in [0.15, 0.2) is 0 Å². The van der Waals surface area contributed by atoms with E-state index in [9.17, 15) is 9.50 Å². The molecule has 0 amide bonds. The fourth-order valence-corrected chi connectivity index (χ4v) is 2.54. The van der Waals surface area contributed by atoms with E-state index in [0.717, 1.165) is 12.8 Å². The molecule has 0 aromatic heterocycles. The maximum Gasteiger partial charge on any atom is 0.124 e. The number of hydrogen-bond acceptors (Lipinski definition) is 1. The van der Waals surface area contributed by atoms with Crippen LogP contribution in [0, 0.1) is 5.82 Å². The summed E-state index contributed by atoms with van der Waals surface area (Å²) >= 11 is 3.24. The van der Waals surface area contributed by atoms with Crippen molar-refractivity contribution in [2.45, 2.75) is 58.0 Å². The molecule has 0 saturated carbocycles. The van der Waals surface area contributed by atoms with Crippen molar-refractivity contribution in [2.75, 3.05) is 0 Å². The SMILES string of the molecule is CCCCCCCCC(O)c1cc(F)cc(Br)c1. The van der Waals surface area contributed by atoms with Crippen molar-refractivity contribution in [3.05, 3.63) is 34.1 Å². The maximum absolute atomic E-state index is 13.2. The van der Waals surface area contributed by atoms with Gasteiger partial charge in [0.1, 0.15) is 5.82 Å². The largest absolute Gasteiger partial charge is 0.388 e. The summed E-state index contributed by atoms with van der Waals surface area (Å²) in [5, 5.41) is 9.98. The van der Waals surface area contributed by atoms with E-state index in [0.29, 0.717) is 16.5 Å². The Balaban J connectivity index is 2.29. The standard InChI is InChI=1S/C15H22BrFO/c1-2-3-4-5-6-7-8-15(18)12-9-13(16)11-14(17)10-12/h9-11,15,18H,2-8H2,1H3. The molecule has 0 spiro atoms. The van der Waals surface area contributed by atoms with Crippen LogP contribution in [0.2, 0.25) is 0 Å². The molecule has 1 N–H and O–H groups in total. The number of unbranched alkanes of at least 4 members (excludes halogenated alkanes) is 5. The summed E-state index contributed by atoms with van der Waals surface area (Å²) in [5.41, 5.74) is 0.662. The maximum atomic E-state index is 13.2. The van der Waals surface area contributed by atoms with Gasteiger partial charge in [-0.1, -0.05) is 61.4 Å². The van der Waals surface area contributed by atoms with Crippen molar-refractivity contribution >= 4 is 15.9 Å². The van der Waals surface area contributed by atoms with Crippen molar-refractivity contribution in [1.82, 2.24) is 0 Å². The normalized spacial score (nSPS) is 12.7. The van der Waals surface area contributed by atoms with E-state index < -0.39 is 6.10 Å². The Morgan fingerprint density at radius 2 is 1.78 bits per heavy atom. The van der Waals surface area contributed by atoms with Crippen molar-refractivity contribution in [1.29, 1.82) is 0 Å². The molecule has 1 atom stereocenters. The quantitative estimate of drug-likeness (QED) is 0.639. The van der Waals surface area contributed by atoms with E-state index in [1.165, 1.54) is 37.8 Å². The smallest absolute Gasteiger partial charge is 0.124 e. The molecule has 0 aliphatic rings. The number of halogens is 2. The lowest BCUT2D eigenvalue weighted by atomic mass is 10.0. The van der Waals surface area contributed by atoms with Gasteiger partial charge in [0, 0.05) is 4.47 Å². The lowest BCUT2D eigenvalue weighted by Crippen LogP contribution is -1.98. The summed E-state index contributed by atoms with van der Waals surface area (Å²) in [5.74, 6) is -0.304. The van der Waals surface area contributed by atoms with Gasteiger partial charge in [0.05, 0.1) is 6.10 Å². The Labute approximate surface area is 118 Å². The highest BCUT2D eigenvalue weighted by molar-refractivity contribution is 9.10. The predicted octanol–water partition coefficient (Wildman–Crippen LogP) is 5.37. The Morgan fingerprint density at radius 1 is 1.11 bits per heavy atom. The Hall–Kier alpha value is -0.410. The van der Waals surface area contributed by atoms with E-state index in [1.54, 1.807) is 6.07 Å². The first kappa shape index (κ1) is 15.6. The monoisotopic (exact) mass is 316 g/mol. The molecule has 102 valence electrons. The fourth-order valence-electron chi connectivity index (χ4n) is 2.05. The van der Waals surface area contributed by atoms with Crippen LogP contribution in [0.1, 0.15) is 63.5 Å². The molecule has 0 heterocycles. The van der Waals surface area contributed by atoms with Gasteiger partial charge in [0.25, 0.3) is 0 Å². The van der Waals surface area contributed by atoms with Crippen LogP contribution < -0.4 is 0 Å². The molecular formula is C15H22BrFO. The van der Waals surface area contributed by atoms with Gasteiger partial charge in [-0.05, 0) is 30.2 Å². The minimum absolute atomic E-state index is 0.304. The van der Waals surface area contributed by atoms with Crippen LogP contribution in [-0.4, -0.2) is 5.11 Å². The van der Waals surface area contributed by atoms with Gasteiger partial charge < -0.3 is 5.11 Å². The topological polar surface area (TPSA) is 20.2 Å². The predicted molar refractivity (Wildman–Crippen MR) is 77.1 cm³/mol. The Morgan fingerprint density at radius 3 is 2.44 bits per heavy atom. The molecule has 1 nitrogen and oxygen atoms in total. The number of aliphatic hydroxyl groups excluding tert-OH is 1. The molecule has 0 bridgehead atoms. The lowest BCUT2D eigenvalue weighted by Gasteiger charge is -2.11. The first-order valence-electron chi connectivity index (χ1n) is 6.77. The molecule has 0 aliphatic carbocycles. The van der Waals surface area contributed by atoms with E-state index in [2.05, 4.69) is 22.9 Å². The van der Waals surface area contributed by atoms with Crippen LogP contribution >= 0.6 is 15.9 Å². The minimum atomic E-state index is -0.553. The van der Waals surface area contributed by atoms with Crippen LogP contribution in [-0.2, 0) is 0 Å². The zero-order valence-electron chi connectivity index (χ0n) is 11.0. The Bertz CT molecular complexity index is 334. The van der Waals surface area contributed by atoms with Crippen molar-refractivity contribution in [3.8, 4) is 0 Å². The molecule has 0 radical (unpaired) electrons.